The molecule has 0 fully saturated rings. The van der Waals surface area contributed by atoms with Crippen LogP contribution in [0.2, 0.25) is 0 Å². The van der Waals surface area contributed by atoms with Crippen LogP contribution in [0.15, 0.2) is 122 Å². The summed E-state index contributed by atoms with van der Waals surface area (Å²) in [5.41, 5.74) is 3.39. The minimum atomic E-state index is -0.428. The van der Waals surface area contributed by atoms with Crippen LogP contribution in [0, 0.1) is 0 Å². The number of hydrogen-bond donors (Lipinski definition) is 4. The van der Waals surface area contributed by atoms with Crippen molar-refractivity contribution in [1.82, 2.24) is 9.97 Å². The van der Waals surface area contributed by atoms with Crippen molar-refractivity contribution in [3.8, 4) is 0 Å². The van der Waals surface area contributed by atoms with Gasteiger partial charge in [0, 0.05) is 69.8 Å². The number of anilines is 4. The van der Waals surface area contributed by atoms with Crippen molar-refractivity contribution in [2.75, 3.05) is 21.3 Å². The lowest BCUT2D eigenvalue weighted by Crippen LogP contribution is -2.16. The van der Waals surface area contributed by atoms with E-state index in [9.17, 15) is 19.2 Å². The third kappa shape index (κ3) is 7.07. The molecular formula is C32H24N6O4. The minimum Gasteiger partial charge on any atom is -0.322 e. The Morgan fingerprint density at radius 1 is 0.381 bits per heavy atom. The average molecular weight is 557 g/mol. The Morgan fingerprint density at radius 2 is 0.690 bits per heavy atom. The third-order valence-electron chi connectivity index (χ3n) is 6.03. The highest BCUT2D eigenvalue weighted by molar-refractivity contribution is 6.10. The lowest BCUT2D eigenvalue weighted by atomic mass is 10.1. The van der Waals surface area contributed by atoms with Gasteiger partial charge in [0.25, 0.3) is 23.6 Å². The molecule has 0 radical (unpaired) electrons. The Balaban J connectivity index is 1.22. The fraction of sp³-hybridized carbons (Fsp3) is 0. The van der Waals surface area contributed by atoms with Crippen molar-refractivity contribution in [2.24, 2.45) is 0 Å². The molecule has 5 aromatic rings. The van der Waals surface area contributed by atoms with Crippen LogP contribution in [0.5, 0.6) is 0 Å². The number of hydrogen-bond acceptors (Lipinski definition) is 6. The zero-order valence-electron chi connectivity index (χ0n) is 22.1. The van der Waals surface area contributed by atoms with Crippen molar-refractivity contribution in [3.63, 3.8) is 0 Å². The summed E-state index contributed by atoms with van der Waals surface area (Å²) in [5, 5.41) is 11.2. The van der Waals surface area contributed by atoms with Gasteiger partial charge in [0.05, 0.1) is 0 Å². The number of nitrogens with one attached hydrogen (secondary N) is 4. The van der Waals surface area contributed by atoms with Crippen molar-refractivity contribution in [3.05, 3.63) is 144 Å². The Kier molecular flexibility index (Phi) is 8.35. The highest BCUT2D eigenvalue weighted by Gasteiger charge is 2.13. The molecule has 3 aromatic carbocycles. The maximum Gasteiger partial charge on any atom is 0.255 e. The number of carbonyl (C=O) groups excluding carboxylic acids is 4. The van der Waals surface area contributed by atoms with Crippen molar-refractivity contribution in [2.45, 2.75) is 0 Å². The first-order valence-electron chi connectivity index (χ1n) is 12.8. The number of pyridine rings is 2. The molecular weight excluding hydrogens is 532 g/mol. The van der Waals surface area contributed by atoms with E-state index in [1.54, 1.807) is 91.0 Å². The fourth-order valence-corrected chi connectivity index (χ4v) is 3.97. The Morgan fingerprint density at radius 3 is 1.05 bits per heavy atom. The maximum atomic E-state index is 13.0. The molecule has 0 spiro atoms. The lowest BCUT2D eigenvalue weighted by molar-refractivity contribution is 0.101. The molecule has 0 aliphatic carbocycles. The van der Waals surface area contributed by atoms with Gasteiger partial charge in [-0.1, -0.05) is 18.2 Å². The number of aromatic nitrogens is 2. The second-order valence-electron chi connectivity index (χ2n) is 9.03. The molecule has 206 valence electrons. The quantitative estimate of drug-likeness (QED) is 0.199. The van der Waals surface area contributed by atoms with Gasteiger partial charge >= 0.3 is 0 Å². The topological polar surface area (TPSA) is 142 Å². The van der Waals surface area contributed by atoms with Gasteiger partial charge in [-0.05, 0) is 78.9 Å². The van der Waals surface area contributed by atoms with E-state index in [0.717, 1.165) is 0 Å². The number of nitrogens with zero attached hydrogens (tertiary/aromatic N) is 2. The van der Waals surface area contributed by atoms with E-state index in [1.165, 1.54) is 30.9 Å². The molecule has 0 aliphatic rings. The number of carbonyl (C=O) groups is 4. The van der Waals surface area contributed by atoms with Crippen LogP contribution in [-0.2, 0) is 0 Å². The first-order valence-corrected chi connectivity index (χ1v) is 12.8. The smallest absolute Gasteiger partial charge is 0.255 e. The Bertz CT molecular complexity index is 1630. The van der Waals surface area contributed by atoms with E-state index in [0.29, 0.717) is 33.9 Å². The summed E-state index contributed by atoms with van der Waals surface area (Å²) in [6, 6.07) is 26.2. The highest BCUT2D eigenvalue weighted by Crippen LogP contribution is 2.19. The predicted molar refractivity (Wildman–Crippen MR) is 160 cm³/mol. The molecule has 0 unspecified atom stereocenters. The summed E-state index contributed by atoms with van der Waals surface area (Å²) in [5.74, 6) is -1.46. The summed E-state index contributed by atoms with van der Waals surface area (Å²) in [4.78, 5) is 58.7. The van der Waals surface area contributed by atoms with Gasteiger partial charge in [-0.25, -0.2) is 0 Å². The normalized spacial score (nSPS) is 10.3. The van der Waals surface area contributed by atoms with Crippen LogP contribution in [0.25, 0.3) is 0 Å². The van der Waals surface area contributed by atoms with Crippen LogP contribution >= 0.6 is 0 Å². The van der Waals surface area contributed by atoms with Crippen LogP contribution < -0.4 is 21.3 Å². The van der Waals surface area contributed by atoms with Crippen molar-refractivity contribution in [1.29, 1.82) is 0 Å². The SMILES string of the molecule is O=C(Nc1cccc(NC(=O)c2cccc(C(=O)Nc3cccc(NC(=O)c4ccncc4)c3)c2)c1)c1ccncc1. The van der Waals surface area contributed by atoms with Crippen LogP contribution in [0.3, 0.4) is 0 Å². The summed E-state index contributed by atoms with van der Waals surface area (Å²) in [7, 11) is 0. The van der Waals surface area contributed by atoms with Crippen LogP contribution in [-0.4, -0.2) is 33.6 Å². The molecule has 0 aliphatic heterocycles. The van der Waals surface area contributed by atoms with Crippen molar-refractivity contribution >= 4 is 46.4 Å². The van der Waals surface area contributed by atoms with Gasteiger partial charge in [-0.3, -0.25) is 29.1 Å². The van der Waals surface area contributed by atoms with Crippen molar-refractivity contribution < 1.29 is 19.2 Å². The molecule has 10 heteroatoms. The largest absolute Gasteiger partial charge is 0.322 e. The first kappa shape index (κ1) is 27.4. The lowest BCUT2D eigenvalue weighted by Gasteiger charge is -2.11. The van der Waals surface area contributed by atoms with Gasteiger partial charge in [0.15, 0.2) is 0 Å². The molecule has 0 bridgehead atoms. The molecule has 0 saturated heterocycles. The summed E-state index contributed by atoms with van der Waals surface area (Å²) >= 11 is 0. The molecule has 5 rings (SSSR count). The number of benzene rings is 3. The van der Waals surface area contributed by atoms with Crippen LogP contribution in [0.1, 0.15) is 41.4 Å². The summed E-state index contributed by atoms with van der Waals surface area (Å²) in [6.45, 7) is 0. The summed E-state index contributed by atoms with van der Waals surface area (Å²) < 4.78 is 0. The molecule has 0 atom stereocenters. The van der Waals surface area contributed by atoms with Gasteiger partial charge in [0.1, 0.15) is 0 Å². The zero-order valence-corrected chi connectivity index (χ0v) is 22.1. The molecule has 10 nitrogen and oxygen atoms in total. The van der Waals surface area contributed by atoms with Gasteiger partial charge in [0.2, 0.25) is 0 Å². The standard InChI is InChI=1S/C32H24N6O4/c39-29(21-10-14-33-15-11-21)35-25-6-2-8-27(19-25)37-31(41)23-4-1-5-24(18-23)32(42)38-28-9-3-7-26(20-28)36-30(40)22-12-16-34-17-13-22/h1-20H,(H,35,39)(H,36,40)(H,37,41)(H,38,42). The van der Waals surface area contributed by atoms with E-state index in [-0.39, 0.29) is 22.9 Å². The minimum absolute atomic E-state index is 0.271. The first-order chi connectivity index (χ1) is 20.4. The second kappa shape index (κ2) is 12.8. The molecule has 4 N–H and O–H groups in total. The monoisotopic (exact) mass is 556 g/mol. The average Bonchev–Trinajstić information content (AvgIpc) is 3.02. The predicted octanol–water partition coefficient (Wildman–Crippen LogP) is 5.49. The van der Waals surface area contributed by atoms with E-state index >= 15 is 0 Å². The van der Waals surface area contributed by atoms with E-state index < -0.39 is 11.8 Å². The van der Waals surface area contributed by atoms with E-state index in [4.69, 9.17) is 0 Å². The fourth-order valence-electron chi connectivity index (χ4n) is 3.97. The van der Waals surface area contributed by atoms with Gasteiger partial charge < -0.3 is 21.3 Å². The van der Waals surface area contributed by atoms with Gasteiger partial charge in [-0.2, -0.15) is 0 Å². The summed E-state index contributed by atoms with van der Waals surface area (Å²) in [6.07, 6.45) is 6.12. The third-order valence-corrected chi connectivity index (χ3v) is 6.03. The second-order valence-corrected chi connectivity index (χ2v) is 9.03. The van der Waals surface area contributed by atoms with Crippen LogP contribution in [0.4, 0.5) is 22.7 Å². The molecule has 42 heavy (non-hydrogen) atoms. The molecule has 4 amide bonds. The molecule has 0 saturated carbocycles. The maximum absolute atomic E-state index is 13.0. The van der Waals surface area contributed by atoms with E-state index in [1.807, 2.05) is 0 Å². The number of rotatable bonds is 8. The highest BCUT2D eigenvalue weighted by atomic mass is 16.2. The van der Waals surface area contributed by atoms with E-state index in [2.05, 4.69) is 31.2 Å². The zero-order chi connectivity index (χ0) is 29.3. The Hall–Kier alpha value is -6.16. The van der Waals surface area contributed by atoms with Gasteiger partial charge in [-0.15, -0.1) is 0 Å². The molecule has 2 heterocycles. The number of amides is 4. The Labute approximate surface area is 240 Å². The molecule has 2 aromatic heterocycles.